The minimum absolute atomic E-state index is 0.136. The van der Waals surface area contributed by atoms with Crippen molar-refractivity contribution in [1.82, 2.24) is 5.32 Å². The zero-order valence-corrected chi connectivity index (χ0v) is 16.6. The van der Waals surface area contributed by atoms with Gasteiger partial charge in [-0.05, 0) is 43.3 Å². The van der Waals surface area contributed by atoms with E-state index in [0.717, 1.165) is 5.56 Å². The number of rotatable bonds is 7. The van der Waals surface area contributed by atoms with Crippen LogP contribution in [0.4, 0.5) is 0 Å². The van der Waals surface area contributed by atoms with E-state index in [1.807, 2.05) is 0 Å². The number of esters is 1. The molecule has 0 aromatic heterocycles. The van der Waals surface area contributed by atoms with Gasteiger partial charge in [-0.15, -0.1) is 0 Å². The molecule has 144 valence electrons. The summed E-state index contributed by atoms with van der Waals surface area (Å²) >= 11 is 11.7. The molecule has 0 heterocycles. The van der Waals surface area contributed by atoms with Crippen LogP contribution < -0.4 is 14.8 Å². The molecular formula is C19H19Cl2NO5. The fourth-order valence-corrected chi connectivity index (χ4v) is 2.89. The second kappa shape index (κ2) is 9.48. The topological polar surface area (TPSA) is 73.9 Å². The van der Waals surface area contributed by atoms with E-state index in [0.29, 0.717) is 16.5 Å². The lowest BCUT2D eigenvalue weighted by molar-refractivity contribution is -0.124. The lowest BCUT2D eigenvalue weighted by Gasteiger charge is -2.18. The maximum Gasteiger partial charge on any atom is 0.340 e. The first-order valence-corrected chi connectivity index (χ1v) is 8.74. The summed E-state index contributed by atoms with van der Waals surface area (Å²) in [5.74, 6) is 0.0634. The van der Waals surface area contributed by atoms with E-state index in [4.69, 9.17) is 37.4 Å². The molecular weight excluding hydrogens is 393 g/mol. The van der Waals surface area contributed by atoms with E-state index < -0.39 is 18.5 Å². The third-order valence-electron chi connectivity index (χ3n) is 3.77. The number of amides is 1. The summed E-state index contributed by atoms with van der Waals surface area (Å²) in [6.07, 6.45) is 0. The van der Waals surface area contributed by atoms with Gasteiger partial charge in [0.15, 0.2) is 6.61 Å². The van der Waals surface area contributed by atoms with Crippen LogP contribution in [0.3, 0.4) is 0 Å². The Labute approximate surface area is 167 Å². The molecule has 0 bridgehead atoms. The van der Waals surface area contributed by atoms with Gasteiger partial charge in [0.05, 0.1) is 30.8 Å². The van der Waals surface area contributed by atoms with Crippen LogP contribution in [0.2, 0.25) is 10.0 Å². The summed E-state index contributed by atoms with van der Waals surface area (Å²) in [4.78, 5) is 24.2. The van der Waals surface area contributed by atoms with Gasteiger partial charge in [-0.25, -0.2) is 4.79 Å². The lowest BCUT2D eigenvalue weighted by Crippen LogP contribution is -2.31. The van der Waals surface area contributed by atoms with Gasteiger partial charge in [0.1, 0.15) is 11.5 Å². The van der Waals surface area contributed by atoms with E-state index in [1.165, 1.54) is 25.3 Å². The number of ether oxygens (including phenoxy) is 3. The summed E-state index contributed by atoms with van der Waals surface area (Å²) in [5, 5.41) is 3.30. The van der Waals surface area contributed by atoms with Gasteiger partial charge in [0.2, 0.25) is 0 Å². The van der Waals surface area contributed by atoms with Gasteiger partial charge in [-0.3, -0.25) is 4.79 Å². The fourth-order valence-electron chi connectivity index (χ4n) is 2.40. The molecule has 0 aliphatic carbocycles. The Hall–Kier alpha value is -2.44. The fraction of sp³-hybridized carbons (Fsp3) is 0.263. The number of benzene rings is 2. The minimum Gasteiger partial charge on any atom is -0.497 e. The van der Waals surface area contributed by atoms with Crippen molar-refractivity contribution in [2.75, 3.05) is 20.8 Å². The Kier molecular flexibility index (Phi) is 7.33. The highest BCUT2D eigenvalue weighted by molar-refractivity contribution is 6.36. The number of carbonyl (C=O) groups is 2. The van der Waals surface area contributed by atoms with Crippen LogP contribution in [-0.2, 0) is 9.53 Å². The number of hydrogen-bond acceptors (Lipinski definition) is 5. The summed E-state index contributed by atoms with van der Waals surface area (Å²) in [5.41, 5.74) is 0.869. The zero-order valence-electron chi connectivity index (χ0n) is 15.0. The number of methoxy groups -OCH3 is 2. The number of nitrogens with one attached hydrogen (secondary N) is 1. The normalized spacial score (nSPS) is 11.4. The molecule has 0 saturated carbocycles. The van der Waals surface area contributed by atoms with Crippen LogP contribution >= 0.6 is 23.2 Å². The molecule has 2 aromatic carbocycles. The molecule has 0 aliphatic rings. The summed E-state index contributed by atoms with van der Waals surface area (Å²) in [6.45, 7) is 1.33. The second-order valence-corrected chi connectivity index (χ2v) is 6.44. The summed E-state index contributed by atoms with van der Waals surface area (Å²) in [6, 6.07) is 9.27. The molecule has 8 heteroatoms. The van der Waals surface area contributed by atoms with Crippen LogP contribution in [0.1, 0.15) is 28.9 Å². The Morgan fingerprint density at radius 2 is 1.81 bits per heavy atom. The molecule has 1 atom stereocenters. The molecule has 0 unspecified atom stereocenters. The molecule has 2 aromatic rings. The van der Waals surface area contributed by atoms with Crippen LogP contribution in [0.5, 0.6) is 11.5 Å². The zero-order chi connectivity index (χ0) is 20.0. The SMILES string of the molecule is COc1ccc(OC)c([C@H](C)NC(=O)COC(=O)c2ccc(Cl)cc2Cl)c1. The lowest BCUT2D eigenvalue weighted by atomic mass is 10.1. The predicted octanol–water partition coefficient (Wildman–Crippen LogP) is 4.04. The third kappa shape index (κ3) is 5.52. The maximum atomic E-state index is 12.1. The summed E-state index contributed by atoms with van der Waals surface area (Å²) in [7, 11) is 3.09. The van der Waals surface area contributed by atoms with Gasteiger partial charge < -0.3 is 19.5 Å². The van der Waals surface area contributed by atoms with Crippen molar-refractivity contribution in [3.63, 3.8) is 0 Å². The van der Waals surface area contributed by atoms with Gasteiger partial charge in [-0.2, -0.15) is 0 Å². The van der Waals surface area contributed by atoms with Gasteiger partial charge in [0.25, 0.3) is 5.91 Å². The Morgan fingerprint density at radius 3 is 2.44 bits per heavy atom. The molecule has 0 radical (unpaired) electrons. The molecule has 27 heavy (non-hydrogen) atoms. The van der Waals surface area contributed by atoms with Crippen molar-refractivity contribution >= 4 is 35.1 Å². The van der Waals surface area contributed by atoms with Gasteiger partial charge >= 0.3 is 5.97 Å². The molecule has 0 spiro atoms. The van der Waals surface area contributed by atoms with E-state index in [-0.39, 0.29) is 16.6 Å². The molecule has 2 rings (SSSR count). The highest BCUT2D eigenvalue weighted by Crippen LogP contribution is 2.29. The van der Waals surface area contributed by atoms with Crippen molar-refractivity contribution in [2.24, 2.45) is 0 Å². The largest absolute Gasteiger partial charge is 0.497 e. The number of carbonyl (C=O) groups excluding carboxylic acids is 2. The first-order chi connectivity index (χ1) is 12.8. The molecule has 0 aliphatic heterocycles. The highest BCUT2D eigenvalue weighted by Gasteiger charge is 2.18. The van der Waals surface area contributed by atoms with Crippen LogP contribution in [-0.4, -0.2) is 32.7 Å². The Bertz CT molecular complexity index is 841. The minimum atomic E-state index is -0.710. The van der Waals surface area contributed by atoms with E-state index in [2.05, 4.69) is 5.32 Å². The number of hydrogen-bond donors (Lipinski definition) is 1. The van der Waals surface area contributed by atoms with Crippen LogP contribution in [0.25, 0.3) is 0 Å². The number of halogens is 2. The van der Waals surface area contributed by atoms with Gasteiger partial charge in [-0.1, -0.05) is 23.2 Å². The molecule has 6 nitrogen and oxygen atoms in total. The van der Waals surface area contributed by atoms with Crippen molar-refractivity contribution in [3.8, 4) is 11.5 Å². The van der Waals surface area contributed by atoms with Gasteiger partial charge in [0, 0.05) is 10.6 Å². The quantitative estimate of drug-likeness (QED) is 0.695. The second-order valence-electron chi connectivity index (χ2n) is 5.60. The van der Waals surface area contributed by atoms with Crippen molar-refractivity contribution in [2.45, 2.75) is 13.0 Å². The molecule has 0 fully saturated rings. The first-order valence-electron chi connectivity index (χ1n) is 7.99. The average Bonchev–Trinajstić information content (AvgIpc) is 2.65. The maximum absolute atomic E-state index is 12.1. The van der Waals surface area contributed by atoms with E-state index in [9.17, 15) is 9.59 Å². The monoisotopic (exact) mass is 411 g/mol. The van der Waals surface area contributed by atoms with Crippen molar-refractivity contribution < 1.29 is 23.8 Å². The standard InChI is InChI=1S/C19H19Cl2NO5/c1-11(15-9-13(25-2)5-7-17(15)26-3)22-18(23)10-27-19(24)14-6-4-12(20)8-16(14)21/h4-9,11H,10H2,1-3H3,(H,22,23)/t11-/m0/s1. The smallest absolute Gasteiger partial charge is 0.340 e. The third-order valence-corrected chi connectivity index (χ3v) is 4.31. The van der Waals surface area contributed by atoms with Crippen molar-refractivity contribution in [3.05, 3.63) is 57.6 Å². The Balaban J connectivity index is 1.98. The van der Waals surface area contributed by atoms with Crippen molar-refractivity contribution in [1.29, 1.82) is 0 Å². The molecule has 1 N–H and O–H groups in total. The Morgan fingerprint density at radius 1 is 1.07 bits per heavy atom. The molecule has 0 saturated heterocycles. The molecule has 1 amide bonds. The first kappa shape index (κ1) is 20.9. The highest BCUT2D eigenvalue weighted by atomic mass is 35.5. The van der Waals surface area contributed by atoms with E-state index >= 15 is 0 Å². The van der Waals surface area contributed by atoms with E-state index in [1.54, 1.807) is 32.2 Å². The predicted molar refractivity (Wildman–Crippen MR) is 103 cm³/mol. The van der Waals surface area contributed by atoms with Crippen LogP contribution in [0, 0.1) is 0 Å². The average molecular weight is 412 g/mol. The van der Waals surface area contributed by atoms with Crippen LogP contribution in [0.15, 0.2) is 36.4 Å². The summed E-state index contributed by atoms with van der Waals surface area (Å²) < 4.78 is 15.5.